The van der Waals surface area contributed by atoms with E-state index in [-0.39, 0.29) is 0 Å². The summed E-state index contributed by atoms with van der Waals surface area (Å²) in [5, 5.41) is 89.4. The second-order valence-electron chi connectivity index (χ2n) is 28.7. The van der Waals surface area contributed by atoms with Crippen molar-refractivity contribution >= 4 is 314 Å². The maximum Gasteiger partial charge on any atom is 0.160 e. The number of hydrogen-bond acceptors (Lipinski definition) is 2. The van der Waals surface area contributed by atoms with Gasteiger partial charge in [0.25, 0.3) is 0 Å². The lowest BCUT2D eigenvalue weighted by molar-refractivity contribution is 0.294. The summed E-state index contributed by atoms with van der Waals surface area (Å²) in [6.45, 7) is 0. The van der Waals surface area contributed by atoms with Crippen LogP contribution in [-0.4, -0.2) is 9.97 Å². The average Bonchev–Trinajstić information content (AvgIpc) is 1.48. The van der Waals surface area contributed by atoms with Gasteiger partial charge in [-0.2, -0.15) is 0 Å². The smallest absolute Gasteiger partial charge is 0.160 e. The quantitative estimate of drug-likeness (QED) is 0.161. The third-order valence-electron chi connectivity index (χ3n) is 27.9. The van der Waals surface area contributed by atoms with Gasteiger partial charge in [-0.25, -0.2) is 9.97 Å². The lowest BCUT2D eigenvalue weighted by Gasteiger charge is -2.57. The Bertz CT molecular complexity index is 8110. The molecule has 5 aliphatic carbocycles. The Morgan fingerprint density at radius 1 is 0.232 bits per heavy atom. The van der Waals surface area contributed by atoms with Crippen molar-refractivity contribution in [2.75, 3.05) is 0 Å². The molecule has 1 aromatic heterocycles. The van der Waals surface area contributed by atoms with Gasteiger partial charge in [-0.15, -0.1) is 0 Å². The van der Waals surface area contributed by atoms with Crippen LogP contribution in [0.2, 0.25) is 10.0 Å². The molecular weight excluding hydrogens is 1040 g/mol. The summed E-state index contributed by atoms with van der Waals surface area (Å²) in [4.78, 5) is 11.9. The lowest BCUT2D eigenvalue weighted by atomic mass is 9.43. The van der Waals surface area contributed by atoms with Crippen molar-refractivity contribution in [3.8, 4) is 22.6 Å². The number of halogens is 2. The van der Waals surface area contributed by atoms with Crippen molar-refractivity contribution < 1.29 is 0 Å². The minimum absolute atomic E-state index is 0.433. The number of hydrogen-bond donors (Lipinski definition) is 0. The van der Waals surface area contributed by atoms with Crippen molar-refractivity contribution in [3.05, 3.63) is 92.1 Å². The van der Waals surface area contributed by atoms with Gasteiger partial charge in [0.05, 0.1) is 5.69 Å². The zero-order valence-corrected chi connectivity index (χ0v) is 43.2. The molecule has 0 aliphatic heterocycles. The first-order chi connectivity index (χ1) is 40.6. The van der Waals surface area contributed by atoms with Gasteiger partial charge in [0.15, 0.2) is 5.82 Å². The summed E-state index contributed by atoms with van der Waals surface area (Å²) in [5.74, 6) is 0.778. The third kappa shape index (κ3) is 1.96. The van der Waals surface area contributed by atoms with E-state index in [2.05, 4.69) is 36.4 Å². The van der Waals surface area contributed by atoms with Crippen LogP contribution in [0.1, 0.15) is 33.5 Å². The molecule has 348 valence electrons. The van der Waals surface area contributed by atoms with E-state index in [9.17, 15) is 0 Å². The molecule has 0 fully saturated rings. The molecule has 0 amide bonds. The summed E-state index contributed by atoms with van der Waals surface area (Å²) in [6, 6.07) is 16.9. The molecule has 0 N–H and O–H groups in total. The van der Waals surface area contributed by atoms with E-state index in [1.807, 2.05) is 12.1 Å². The fraction of sp³-hybridized carbons (Fsp3) is 0.0513. The van der Waals surface area contributed by atoms with Crippen molar-refractivity contribution in [1.29, 1.82) is 0 Å². The Morgan fingerprint density at radius 2 is 0.439 bits per heavy atom. The van der Waals surface area contributed by atoms with Gasteiger partial charge in [-0.3, -0.25) is 0 Å². The standard InChI is InChI=1S/C78H12Cl2N2/c79-13-5-1-11(2-6-13)75-15-9-77-71-63-55-45-35-27-19-17-18-21-25-23(19)31-39-33(25)43-37-29(21)30-22(18)26-24-20(17)28(27)36-42-32(24)40-34(26)44-38(30)48-47(37)57-51(43)61-53(39)59(49(55)41(31)35)65(71)69(61)73-67(57)68-58(48)52(44)62-54(40)60-50(42)56(46(36)45)64(63)72(77)66(60)70(62)74(68)78(73,77)10-16(15)81-76(82-75)12-3-7-14(80)8-4-12/h1-8H,9-10H2. The van der Waals surface area contributed by atoms with Gasteiger partial charge in [0, 0.05) is 49.7 Å². The minimum atomic E-state index is -0.436. The van der Waals surface area contributed by atoms with Gasteiger partial charge >= 0.3 is 0 Å². The Kier molecular flexibility index (Phi) is 3.15. The van der Waals surface area contributed by atoms with Crippen molar-refractivity contribution in [3.63, 3.8) is 0 Å². The first kappa shape index (κ1) is 32.7. The molecule has 36 rings (SSSR count). The molecule has 5 aliphatic rings. The first-order valence-corrected chi connectivity index (χ1v) is 30.6. The number of aromatic nitrogens is 2. The molecule has 30 aromatic carbocycles. The summed E-state index contributed by atoms with van der Waals surface area (Å²) < 4.78 is 0. The van der Waals surface area contributed by atoms with Crippen LogP contribution >= 0.6 is 23.2 Å². The van der Waals surface area contributed by atoms with Crippen LogP contribution in [-0.2, 0) is 23.7 Å². The number of fused-ring (bicyclic) bond motifs is 1. The van der Waals surface area contributed by atoms with Crippen LogP contribution in [0.3, 0.4) is 0 Å². The topological polar surface area (TPSA) is 25.8 Å². The molecule has 4 heteroatoms. The van der Waals surface area contributed by atoms with E-state index in [4.69, 9.17) is 33.2 Å². The molecule has 2 spiro atoms. The first-order valence-electron chi connectivity index (χ1n) is 29.8. The van der Waals surface area contributed by atoms with E-state index < -0.39 is 10.8 Å². The molecule has 0 radical (unpaired) electrons. The maximum atomic E-state index is 6.84. The molecule has 0 saturated heterocycles. The molecule has 1 heterocycles. The fourth-order valence-corrected chi connectivity index (χ4v) is 27.4. The van der Waals surface area contributed by atoms with Crippen molar-refractivity contribution in [1.82, 2.24) is 9.97 Å². The second-order valence-corrected chi connectivity index (χ2v) is 29.6. The maximum absolute atomic E-state index is 6.84. The fourth-order valence-electron chi connectivity index (χ4n) is 27.2. The van der Waals surface area contributed by atoms with Crippen LogP contribution in [0, 0.1) is 0 Å². The Hall–Kier alpha value is -9.44. The van der Waals surface area contributed by atoms with Crippen LogP contribution in [0.15, 0.2) is 48.5 Å². The van der Waals surface area contributed by atoms with Gasteiger partial charge in [-0.1, -0.05) is 35.3 Å². The van der Waals surface area contributed by atoms with E-state index in [0.29, 0.717) is 0 Å². The summed E-state index contributed by atoms with van der Waals surface area (Å²) in [7, 11) is 0. The zero-order valence-electron chi connectivity index (χ0n) is 41.7. The summed E-state index contributed by atoms with van der Waals surface area (Å²) >= 11 is 13.5. The Balaban J connectivity index is 0.992. The second kappa shape index (κ2) is 7.89. The van der Waals surface area contributed by atoms with Gasteiger partial charge < -0.3 is 0 Å². The highest BCUT2D eigenvalue weighted by Gasteiger charge is 2.71. The minimum Gasteiger partial charge on any atom is -0.233 e. The van der Waals surface area contributed by atoms with Crippen LogP contribution in [0.5, 0.6) is 0 Å². The Labute approximate surface area is 459 Å². The molecule has 0 bridgehead atoms. The lowest BCUT2D eigenvalue weighted by Crippen LogP contribution is -2.57. The highest BCUT2D eigenvalue weighted by atomic mass is 35.5. The largest absolute Gasteiger partial charge is 0.233 e. The predicted octanol–water partition coefficient (Wildman–Crippen LogP) is 21.5. The molecule has 2 nitrogen and oxygen atoms in total. The van der Waals surface area contributed by atoms with Gasteiger partial charge in [0.1, 0.15) is 0 Å². The van der Waals surface area contributed by atoms with E-state index in [0.717, 1.165) is 45.5 Å². The van der Waals surface area contributed by atoms with Crippen molar-refractivity contribution in [2.24, 2.45) is 0 Å². The number of rotatable bonds is 2. The van der Waals surface area contributed by atoms with Crippen LogP contribution in [0.25, 0.3) is 314 Å². The van der Waals surface area contributed by atoms with E-state index in [1.54, 1.807) is 313 Å². The third-order valence-corrected chi connectivity index (χ3v) is 28.4. The van der Waals surface area contributed by atoms with Gasteiger partial charge in [0.2, 0.25) is 0 Å². The molecular formula is C78H12Cl2N2. The predicted molar refractivity (Wildman–Crippen MR) is 344 cm³/mol. The number of nitrogens with zero attached hydrogens (tertiary/aromatic N) is 2. The average molecular weight is 1050 g/mol. The highest BCUT2D eigenvalue weighted by molar-refractivity contribution is 6.82. The highest BCUT2D eigenvalue weighted by Crippen LogP contribution is 2.85. The molecule has 82 heavy (non-hydrogen) atoms. The molecule has 31 aromatic rings. The van der Waals surface area contributed by atoms with E-state index in [1.165, 1.54) is 11.3 Å². The number of benzene rings is 20. The molecule has 0 unspecified atom stereocenters. The monoisotopic (exact) mass is 1050 g/mol. The van der Waals surface area contributed by atoms with E-state index >= 15 is 0 Å². The summed E-state index contributed by atoms with van der Waals surface area (Å²) in [6.07, 6.45) is 1.67. The van der Waals surface area contributed by atoms with Crippen LogP contribution < -0.4 is 0 Å². The van der Waals surface area contributed by atoms with Crippen molar-refractivity contribution in [2.45, 2.75) is 23.7 Å². The Morgan fingerprint density at radius 3 is 0.683 bits per heavy atom. The van der Waals surface area contributed by atoms with Gasteiger partial charge in [-0.05, 0) is 356 Å². The summed E-state index contributed by atoms with van der Waals surface area (Å²) in [5.41, 5.74) is 11.6. The molecule has 0 atom stereocenters. The SMILES string of the molecule is Clc1ccc(-c2nc3c(c(-c4ccc(Cl)cc4)n2)CC24c5c6c7c8c9c%10c(c%11c%12c2c2c5c5c%13c6c6c7c7c9c9c%14c%10c%10c%11c%11c%12c%12c2c2c5c5c%13c%13c6c6c7c9c7c9c%14c%10c%10c%11c%11c%12c2c2c5c5c%13c6c7c6c9c%10c%11c2c56)C84C3)cc1. The normalized spacial score (nSPS) is 20.8. The molecule has 0 saturated carbocycles. The van der Waals surface area contributed by atoms with Crippen LogP contribution in [0.4, 0.5) is 0 Å². The zero-order chi connectivity index (χ0) is 49.6.